The molecule has 0 saturated carbocycles. The smallest absolute Gasteiger partial charge is 0.326 e. The summed E-state index contributed by atoms with van der Waals surface area (Å²) < 4.78 is 5.50. The maximum atomic E-state index is 11.1. The predicted octanol–water partition coefficient (Wildman–Crippen LogP) is 2.38. The lowest BCUT2D eigenvalue weighted by molar-refractivity contribution is -0.138. The van der Waals surface area contributed by atoms with E-state index >= 15 is 0 Å². The second kappa shape index (κ2) is 6.13. The molecule has 1 aromatic rings. The number of carboxylic acid groups (broad SMARTS) is 1. The zero-order valence-corrected chi connectivity index (χ0v) is 10.5. The third kappa shape index (κ3) is 3.12. The summed E-state index contributed by atoms with van der Waals surface area (Å²) in [5.41, 5.74) is 0.809. The highest BCUT2D eigenvalue weighted by atomic mass is 16.5. The molecular weight excluding hydrogens is 218 g/mol. The molecular formula is C13H19NO3. The number of para-hydroxylation sites is 2. The van der Waals surface area contributed by atoms with E-state index in [4.69, 9.17) is 9.84 Å². The van der Waals surface area contributed by atoms with Crippen LogP contribution in [0.3, 0.4) is 0 Å². The fourth-order valence-electron chi connectivity index (χ4n) is 1.81. The van der Waals surface area contributed by atoms with Gasteiger partial charge < -0.3 is 14.7 Å². The van der Waals surface area contributed by atoms with Crippen LogP contribution in [0.4, 0.5) is 5.69 Å². The Balaban J connectivity index is 3.01. The van der Waals surface area contributed by atoms with E-state index in [1.165, 1.54) is 0 Å². The molecule has 0 aliphatic heterocycles. The summed E-state index contributed by atoms with van der Waals surface area (Å²) in [5.74, 6) is -0.0986. The average Bonchev–Trinajstić information content (AvgIpc) is 2.30. The van der Waals surface area contributed by atoms with E-state index in [1.807, 2.05) is 38.1 Å². The van der Waals surface area contributed by atoms with Gasteiger partial charge >= 0.3 is 5.97 Å². The first kappa shape index (κ1) is 13.4. The molecule has 1 rings (SSSR count). The molecule has 4 heteroatoms. The summed E-state index contributed by atoms with van der Waals surface area (Å²) in [6.45, 7) is 4.33. The quantitative estimate of drug-likeness (QED) is 0.825. The van der Waals surface area contributed by atoms with E-state index in [2.05, 4.69) is 0 Å². The second-order valence-corrected chi connectivity index (χ2v) is 3.77. The molecule has 0 bridgehead atoms. The normalized spacial score (nSPS) is 11.9. The number of aliphatic carboxylic acids is 1. The Labute approximate surface area is 102 Å². The molecule has 0 radical (unpaired) electrons. The first-order chi connectivity index (χ1) is 8.11. The van der Waals surface area contributed by atoms with Crippen LogP contribution in [-0.4, -0.2) is 30.8 Å². The maximum Gasteiger partial charge on any atom is 0.326 e. The van der Waals surface area contributed by atoms with Gasteiger partial charge in [-0.15, -0.1) is 0 Å². The van der Waals surface area contributed by atoms with Crippen LogP contribution >= 0.6 is 0 Å². The van der Waals surface area contributed by atoms with Gasteiger partial charge in [0, 0.05) is 7.05 Å². The summed E-state index contributed by atoms with van der Waals surface area (Å²) in [6, 6.07) is 6.95. The summed E-state index contributed by atoms with van der Waals surface area (Å²) in [5, 5.41) is 9.14. The number of benzene rings is 1. The van der Waals surface area contributed by atoms with Crippen LogP contribution in [-0.2, 0) is 4.79 Å². The monoisotopic (exact) mass is 237 g/mol. The number of rotatable bonds is 6. The van der Waals surface area contributed by atoms with Crippen molar-refractivity contribution >= 4 is 11.7 Å². The van der Waals surface area contributed by atoms with Gasteiger partial charge in [0.15, 0.2) is 0 Å². The van der Waals surface area contributed by atoms with E-state index in [9.17, 15) is 4.79 Å². The van der Waals surface area contributed by atoms with Gasteiger partial charge in [0.1, 0.15) is 11.8 Å². The molecule has 0 fully saturated rings. The molecule has 0 aliphatic carbocycles. The van der Waals surface area contributed by atoms with Gasteiger partial charge in [-0.25, -0.2) is 4.79 Å². The number of ether oxygens (including phenoxy) is 1. The molecule has 0 saturated heterocycles. The Hall–Kier alpha value is -1.71. The molecule has 4 nitrogen and oxygen atoms in total. The first-order valence-corrected chi connectivity index (χ1v) is 5.79. The average molecular weight is 237 g/mol. The lowest BCUT2D eigenvalue weighted by atomic mass is 10.1. The molecule has 1 N–H and O–H groups in total. The standard InChI is InChI=1S/C13H19NO3/c1-4-10(13(15)16)14(3)11-8-6-7-9-12(11)17-5-2/h6-10H,4-5H2,1-3H3,(H,15,16). The van der Waals surface area contributed by atoms with Crippen molar-refractivity contribution in [1.29, 1.82) is 0 Å². The van der Waals surface area contributed by atoms with Crippen LogP contribution < -0.4 is 9.64 Å². The molecule has 0 aromatic heterocycles. The van der Waals surface area contributed by atoms with Crippen molar-refractivity contribution in [3.05, 3.63) is 24.3 Å². The topological polar surface area (TPSA) is 49.8 Å². The Morgan fingerprint density at radius 2 is 2.06 bits per heavy atom. The van der Waals surface area contributed by atoms with Crippen LogP contribution in [0.5, 0.6) is 5.75 Å². The summed E-state index contributed by atoms with van der Waals surface area (Å²) in [7, 11) is 1.78. The van der Waals surface area contributed by atoms with E-state index in [-0.39, 0.29) is 0 Å². The molecule has 1 aromatic carbocycles. The number of carbonyl (C=O) groups is 1. The minimum Gasteiger partial charge on any atom is -0.492 e. The minimum absolute atomic E-state index is 0.531. The van der Waals surface area contributed by atoms with Crippen molar-refractivity contribution in [2.75, 3.05) is 18.6 Å². The highest BCUT2D eigenvalue weighted by Crippen LogP contribution is 2.29. The number of anilines is 1. The van der Waals surface area contributed by atoms with Crippen LogP contribution in [0.2, 0.25) is 0 Å². The molecule has 1 atom stereocenters. The van der Waals surface area contributed by atoms with Crippen molar-refractivity contribution in [2.24, 2.45) is 0 Å². The van der Waals surface area contributed by atoms with Crippen molar-refractivity contribution in [3.8, 4) is 5.75 Å². The van der Waals surface area contributed by atoms with Gasteiger partial charge in [-0.3, -0.25) is 0 Å². The zero-order chi connectivity index (χ0) is 12.8. The second-order valence-electron chi connectivity index (χ2n) is 3.77. The summed E-state index contributed by atoms with van der Waals surface area (Å²) in [6.07, 6.45) is 0.548. The number of hydrogen-bond donors (Lipinski definition) is 1. The first-order valence-electron chi connectivity index (χ1n) is 5.79. The van der Waals surface area contributed by atoms with Gasteiger partial charge in [0.05, 0.1) is 12.3 Å². The minimum atomic E-state index is -0.818. The molecule has 0 heterocycles. The Bertz CT molecular complexity index is 379. The number of hydrogen-bond acceptors (Lipinski definition) is 3. The van der Waals surface area contributed by atoms with Crippen molar-refractivity contribution < 1.29 is 14.6 Å². The van der Waals surface area contributed by atoms with Crippen LogP contribution in [0.15, 0.2) is 24.3 Å². The van der Waals surface area contributed by atoms with Crippen molar-refractivity contribution in [2.45, 2.75) is 26.3 Å². The molecule has 0 spiro atoms. The van der Waals surface area contributed by atoms with E-state index in [1.54, 1.807) is 11.9 Å². The van der Waals surface area contributed by atoms with Crippen molar-refractivity contribution in [3.63, 3.8) is 0 Å². The van der Waals surface area contributed by atoms with E-state index in [0.29, 0.717) is 13.0 Å². The molecule has 1 unspecified atom stereocenters. The lowest BCUT2D eigenvalue weighted by Crippen LogP contribution is -2.38. The van der Waals surface area contributed by atoms with Gasteiger partial charge in [-0.05, 0) is 25.5 Å². The molecule has 0 aliphatic rings. The molecule has 17 heavy (non-hydrogen) atoms. The van der Waals surface area contributed by atoms with Crippen LogP contribution in [0.1, 0.15) is 20.3 Å². The Morgan fingerprint density at radius 3 is 2.59 bits per heavy atom. The maximum absolute atomic E-state index is 11.1. The van der Waals surface area contributed by atoms with Gasteiger partial charge in [0.2, 0.25) is 0 Å². The van der Waals surface area contributed by atoms with Gasteiger partial charge in [0.25, 0.3) is 0 Å². The highest BCUT2D eigenvalue weighted by Gasteiger charge is 2.22. The third-order valence-electron chi connectivity index (χ3n) is 2.68. The number of carboxylic acids is 1. The highest BCUT2D eigenvalue weighted by molar-refractivity contribution is 5.79. The van der Waals surface area contributed by atoms with Crippen LogP contribution in [0, 0.1) is 0 Å². The van der Waals surface area contributed by atoms with E-state index in [0.717, 1.165) is 11.4 Å². The molecule has 94 valence electrons. The SMILES string of the molecule is CCOc1ccccc1N(C)C(CC)C(=O)O. The number of nitrogens with zero attached hydrogens (tertiary/aromatic N) is 1. The van der Waals surface area contributed by atoms with Crippen molar-refractivity contribution in [1.82, 2.24) is 0 Å². The Kier molecular flexibility index (Phi) is 4.82. The van der Waals surface area contributed by atoms with Gasteiger partial charge in [-0.1, -0.05) is 19.1 Å². The fourth-order valence-corrected chi connectivity index (χ4v) is 1.81. The lowest BCUT2D eigenvalue weighted by Gasteiger charge is -2.27. The van der Waals surface area contributed by atoms with Crippen LogP contribution in [0.25, 0.3) is 0 Å². The molecule has 0 amide bonds. The number of likely N-dealkylation sites (N-methyl/N-ethyl adjacent to an activating group) is 1. The van der Waals surface area contributed by atoms with Gasteiger partial charge in [-0.2, -0.15) is 0 Å². The predicted molar refractivity (Wildman–Crippen MR) is 67.7 cm³/mol. The summed E-state index contributed by atoms with van der Waals surface area (Å²) in [4.78, 5) is 12.9. The largest absolute Gasteiger partial charge is 0.492 e. The summed E-state index contributed by atoms with van der Waals surface area (Å²) >= 11 is 0. The van der Waals surface area contributed by atoms with E-state index < -0.39 is 12.0 Å². The fraction of sp³-hybridized carbons (Fsp3) is 0.462. The Morgan fingerprint density at radius 1 is 1.41 bits per heavy atom. The zero-order valence-electron chi connectivity index (χ0n) is 10.5. The third-order valence-corrected chi connectivity index (χ3v) is 2.68.